The molecular formula is C17H22N6. The lowest BCUT2D eigenvalue weighted by atomic mass is 9.97. The highest BCUT2D eigenvalue weighted by molar-refractivity contribution is 5.62. The summed E-state index contributed by atoms with van der Waals surface area (Å²) in [6.45, 7) is 5.30. The molecule has 23 heavy (non-hydrogen) atoms. The first-order chi connectivity index (χ1) is 11.3. The number of hydrogen-bond acceptors (Lipinski definition) is 4. The quantitative estimate of drug-likeness (QED) is 0.727. The van der Waals surface area contributed by atoms with E-state index in [1.54, 1.807) is 0 Å². The molecule has 0 aliphatic heterocycles. The van der Waals surface area contributed by atoms with Crippen molar-refractivity contribution < 1.29 is 0 Å². The maximum atomic E-state index is 4.69. The van der Waals surface area contributed by atoms with Crippen LogP contribution in [0.4, 0.5) is 0 Å². The first kappa shape index (κ1) is 15.4. The predicted molar refractivity (Wildman–Crippen MR) is 88.9 cm³/mol. The number of H-pyrrole nitrogens is 1. The third kappa shape index (κ3) is 3.47. The van der Waals surface area contributed by atoms with Crippen molar-refractivity contribution in [1.82, 2.24) is 30.2 Å². The molecule has 0 fully saturated rings. The highest BCUT2D eigenvalue weighted by Crippen LogP contribution is 2.30. The first-order valence-corrected chi connectivity index (χ1v) is 8.12. The van der Waals surface area contributed by atoms with Crippen LogP contribution in [0.15, 0.2) is 36.7 Å². The zero-order valence-corrected chi connectivity index (χ0v) is 13.6. The van der Waals surface area contributed by atoms with Gasteiger partial charge in [-0.3, -0.25) is 0 Å². The van der Waals surface area contributed by atoms with E-state index in [1.165, 1.54) is 11.3 Å². The largest absolute Gasteiger partial charge is 0.333 e. The molecule has 6 heteroatoms. The molecule has 1 aromatic carbocycles. The molecule has 0 amide bonds. The summed E-state index contributed by atoms with van der Waals surface area (Å²) in [4.78, 5) is 4.69. The Hall–Kier alpha value is -2.50. The molecule has 2 heterocycles. The van der Waals surface area contributed by atoms with Gasteiger partial charge >= 0.3 is 0 Å². The topological polar surface area (TPSA) is 72.3 Å². The van der Waals surface area contributed by atoms with Crippen LogP contribution >= 0.6 is 0 Å². The number of aromatic amines is 1. The average Bonchev–Trinajstić information content (AvgIpc) is 3.23. The summed E-state index contributed by atoms with van der Waals surface area (Å²) < 4.78 is 2.24. The fraction of sp³-hybridized carbons (Fsp3) is 0.412. The normalized spacial score (nSPS) is 12.4. The molecule has 6 nitrogen and oxygen atoms in total. The number of aryl methyl sites for hydroxylation is 2. The predicted octanol–water partition coefficient (Wildman–Crippen LogP) is 3.21. The van der Waals surface area contributed by atoms with Crippen molar-refractivity contribution >= 4 is 0 Å². The second-order valence-corrected chi connectivity index (χ2v) is 5.81. The van der Waals surface area contributed by atoms with E-state index in [0.29, 0.717) is 5.92 Å². The highest BCUT2D eigenvalue weighted by Gasteiger charge is 2.18. The molecule has 3 aromatic rings. The van der Waals surface area contributed by atoms with E-state index in [0.717, 1.165) is 37.3 Å². The molecule has 1 N–H and O–H groups in total. The van der Waals surface area contributed by atoms with Crippen LogP contribution in [0.25, 0.3) is 11.3 Å². The molecule has 0 saturated carbocycles. The highest BCUT2D eigenvalue weighted by atomic mass is 15.5. The Morgan fingerprint density at radius 1 is 1.22 bits per heavy atom. The third-order valence-electron chi connectivity index (χ3n) is 4.08. The van der Waals surface area contributed by atoms with E-state index in [-0.39, 0.29) is 0 Å². The van der Waals surface area contributed by atoms with Gasteiger partial charge in [-0.1, -0.05) is 55.8 Å². The molecule has 0 bridgehead atoms. The van der Waals surface area contributed by atoms with E-state index in [9.17, 15) is 0 Å². The minimum Gasteiger partial charge on any atom is -0.333 e. The van der Waals surface area contributed by atoms with Gasteiger partial charge in [0, 0.05) is 24.2 Å². The Balaban J connectivity index is 1.90. The number of aromatic nitrogens is 6. The fourth-order valence-corrected chi connectivity index (χ4v) is 2.98. The van der Waals surface area contributed by atoms with Gasteiger partial charge in [0.2, 0.25) is 0 Å². The minimum absolute atomic E-state index is 0.461. The van der Waals surface area contributed by atoms with Crippen molar-refractivity contribution in [3.8, 4) is 11.3 Å². The van der Waals surface area contributed by atoms with Crippen molar-refractivity contribution in [2.75, 3.05) is 0 Å². The number of imidazole rings is 1. The van der Waals surface area contributed by atoms with Crippen molar-refractivity contribution in [3.63, 3.8) is 0 Å². The first-order valence-electron chi connectivity index (χ1n) is 8.12. The molecule has 1 atom stereocenters. The maximum Gasteiger partial charge on any atom is 0.176 e. The SMILES string of the molecule is CCC[C@H](C)c1c(-c2ccccc2)ncn1CCc1nn[nH]n1. The summed E-state index contributed by atoms with van der Waals surface area (Å²) in [5.41, 5.74) is 3.55. The summed E-state index contributed by atoms with van der Waals surface area (Å²) in [6.07, 6.45) is 4.98. The van der Waals surface area contributed by atoms with Crippen LogP contribution in [0, 0.1) is 0 Å². The van der Waals surface area contributed by atoms with Gasteiger partial charge in [-0.2, -0.15) is 5.21 Å². The number of tetrazole rings is 1. The van der Waals surface area contributed by atoms with E-state index >= 15 is 0 Å². The zero-order chi connectivity index (χ0) is 16.1. The van der Waals surface area contributed by atoms with Gasteiger partial charge in [0.1, 0.15) is 0 Å². The average molecular weight is 310 g/mol. The van der Waals surface area contributed by atoms with Gasteiger partial charge in [-0.25, -0.2) is 4.98 Å². The summed E-state index contributed by atoms with van der Waals surface area (Å²) in [5.74, 6) is 1.19. The molecular weight excluding hydrogens is 288 g/mol. The van der Waals surface area contributed by atoms with Crippen LogP contribution in [0.5, 0.6) is 0 Å². The lowest BCUT2D eigenvalue weighted by Crippen LogP contribution is -2.09. The molecule has 120 valence electrons. The van der Waals surface area contributed by atoms with Gasteiger partial charge in [-0.15, -0.1) is 10.2 Å². The molecule has 0 aliphatic carbocycles. The third-order valence-corrected chi connectivity index (χ3v) is 4.08. The zero-order valence-electron chi connectivity index (χ0n) is 13.6. The number of nitrogens with zero attached hydrogens (tertiary/aromatic N) is 5. The monoisotopic (exact) mass is 310 g/mol. The van der Waals surface area contributed by atoms with Gasteiger partial charge < -0.3 is 4.57 Å². The maximum absolute atomic E-state index is 4.69. The number of nitrogens with one attached hydrogen (secondary N) is 1. The fourth-order valence-electron chi connectivity index (χ4n) is 2.98. The lowest BCUT2D eigenvalue weighted by Gasteiger charge is -2.16. The van der Waals surface area contributed by atoms with E-state index < -0.39 is 0 Å². The van der Waals surface area contributed by atoms with E-state index in [1.807, 2.05) is 12.4 Å². The van der Waals surface area contributed by atoms with Crippen LogP contribution in [-0.4, -0.2) is 30.2 Å². The van der Waals surface area contributed by atoms with Crippen LogP contribution in [0.2, 0.25) is 0 Å². The summed E-state index contributed by atoms with van der Waals surface area (Å²) >= 11 is 0. The molecule has 3 rings (SSSR count). The molecule has 0 radical (unpaired) electrons. The van der Waals surface area contributed by atoms with Gasteiger partial charge in [0.05, 0.1) is 12.0 Å². The summed E-state index contributed by atoms with van der Waals surface area (Å²) in [6, 6.07) is 10.4. The molecule has 0 aliphatic rings. The van der Waals surface area contributed by atoms with E-state index in [4.69, 9.17) is 0 Å². The Kier molecular flexibility index (Phi) is 4.80. The molecule has 0 unspecified atom stereocenters. The number of benzene rings is 1. The second-order valence-electron chi connectivity index (χ2n) is 5.81. The van der Waals surface area contributed by atoms with Crippen molar-refractivity contribution in [1.29, 1.82) is 0 Å². The van der Waals surface area contributed by atoms with Crippen LogP contribution in [-0.2, 0) is 13.0 Å². The smallest absolute Gasteiger partial charge is 0.176 e. The Labute approximate surface area is 136 Å². The number of hydrogen-bond donors (Lipinski definition) is 1. The molecule has 0 spiro atoms. The van der Waals surface area contributed by atoms with Gasteiger partial charge in [0.25, 0.3) is 0 Å². The van der Waals surface area contributed by atoms with Crippen LogP contribution in [0.3, 0.4) is 0 Å². The van der Waals surface area contributed by atoms with E-state index in [2.05, 4.69) is 68.3 Å². The van der Waals surface area contributed by atoms with Gasteiger partial charge in [0.15, 0.2) is 5.82 Å². The molecule has 0 saturated heterocycles. The Morgan fingerprint density at radius 3 is 2.74 bits per heavy atom. The van der Waals surface area contributed by atoms with Crippen molar-refractivity contribution in [2.24, 2.45) is 0 Å². The summed E-state index contributed by atoms with van der Waals surface area (Å²) in [7, 11) is 0. The Bertz CT molecular complexity index is 717. The standard InChI is InChI=1S/C17H22N6/c1-3-7-13(2)17-16(14-8-5-4-6-9-14)18-12-23(17)11-10-15-19-21-22-20-15/h4-6,8-9,12-13H,3,7,10-11H2,1-2H3,(H,19,20,21,22)/t13-/m0/s1. The van der Waals surface area contributed by atoms with Crippen LogP contribution < -0.4 is 0 Å². The number of rotatable bonds is 7. The minimum atomic E-state index is 0.461. The van der Waals surface area contributed by atoms with Crippen molar-refractivity contribution in [3.05, 3.63) is 48.2 Å². The molecule has 2 aromatic heterocycles. The van der Waals surface area contributed by atoms with Crippen molar-refractivity contribution in [2.45, 2.75) is 45.6 Å². The van der Waals surface area contributed by atoms with Gasteiger partial charge in [-0.05, 0) is 12.3 Å². The summed E-state index contributed by atoms with van der Waals surface area (Å²) in [5, 5.41) is 14.2. The van der Waals surface area contributed by atoms with Crippen LogP contribution in [0.1, 0.15) is 44.1 Å². The second kappa shape index (κ2) is 7.17. The lowest BCUT2D eigenvalue weighted by molar-refractivity contribution is 0.575. The Morgan fingerprint density at radius 2 is 2.04 bits per heavy atom.